The Morgan fingerprint density at radius 2 is 2.00 bits per heavy atom. The monoisotopic (exact) mass is 257 g/mol. The number of carbonyl (C=O) groups is 1. The van der Waals surface area contributed by atoms with Crippen LogP contribution < -0.4 is 0 Å². The fourth-order valence-corrected chi connectivity index (χ4v) is 2.14. The molecule has 1 heterocycles. The molecule has 2 aromatic rings. The number of rotatable bonds is 5. The Balaban J connectivity index is 2.29. The molecule has 1 aromatic heterocycles. The van der Waals surface area contributed by atoms with Gasteiger partial charge in [-0.1, -0.05) is 18.2 Å². The summed E-state index contributed by atoms with van der Waals surface area (Å²) < 4.78 is 5.51. The molecular weight excluding hydrogens is 238 g/mol. The van der Waals surface area contributed by atoms with E-state index in [0.717, 1.165) is 16.5 Å². The largest absolute Gasteiger partial charge is 0.368 e. The number of hydrogen-bond acceptors (Lipinski definition) is 3. The van der Waals surface area contributed by atoms with Crippen molar-refractivity contribution >= 4 is 16.7 Å². The lowest BCUT2D eigenvalue weighted by Crippen LogP contribution is -2.36. The number of pyridine rings is 1. The van der Waals surface area contributed by atoms with Crippen LogP contribution in [0.2, 0.25) is 0 Å². The van der Waals surface area contributed by atoms with Crippen LogP contribution >= 0.6 is 0 Å². The first-order chi connectivity index (χ1) is 9.04. The van der Waals surface area contributed by atoms with Crippen LogP contribution in [0.1, 0.15) is 26.3 Å². The molecule has 0 radical (unpaired) electrons. The predicted octanol–water partition coefficient (Wildman–Crippen LogP) is 3.16. The molecule has 0 aliphatic carbocycles. The Kier molecular flexibility index (Phi) is 3.96. The lowest BCUT2D eigenvalue weighted by molar-refractivity contribution is -0.139. The minimum absolute atomic E-state index is 0.0886. The van der Waals surface area contributed by atoms with Crippen molar-refractivity contribution < 1.29 is 9.53 Å². The van der Waals surface area contributed by atoms with E-state index in [2.05, 4.69) is 4.98 Å². The Hall–Kier alpha value is -1.74. The van der Waals surface area contributed by atoms with E-state index in [4.69, 9.17) is 4.74 Å². The van der Waals surface area contributed by atoms with Crippen LogP contribution in [0.15, 0.2) is 36.5 Å². The summed E-state index contributed by atoms with van der Waals surface area (Å²) in [6.45, 7) is 6.08. The van der Waals surface area contributed by atoms with Crippen molar-refractivity contribution in [2.45, 2.75) is 32.8 Å². The van der Waals surface area contributed by atoms with Crippen molar-refractivity contribution in [3.63, 3.8) is 0 Å². The van der Waals surface area contributed by atoms with Crippen molar-refractivity contribution in [3.8, 4) is 0 Å². The predicted molar refractivity (Wildman–Crippen MR) is 76.2 cm³/mol. The van der Waals surface area contributed by atoms with Gasteiger partial charge in [-0.15, -0.1) is 0 Å². The van der Waals surface area contributed by atoms with Gasteiger partial charge in [0.1, 0.15) is 5.60 Å². The van der Waals surface area contributed by atoms with Crippen LogP contribution in [0.25, 0.3) is 10.9 Å². The normalized spacial score (nSPS) is 11.7. The maximum Gasteiger partial charge on any atom is 0.168 e. The van der Waals surface area contributed by atoms with Gasteiger partial charge in [0, 0.05) is 24.6 Å². The van der Waals surface area contributed by atoms with Crippen molar-refractivity contribution in [2.75, 3.05) is 6.61 Å². The van der Waals surface area contributed by atoms with Gasteiger partial charge in [-0.25, -0.2) is 0 Å². The molecule has 2 rings (SSSR count). The fourth-order valence-electron chi connectivity index (χ4n) is 2.14. The summed E-state index contributed by atoms with van der Waals surface area (Å²) >= 11 is 0. The van der Waals surface area contributed by atoms with E-state index < -0.39 is 5.60 Å². The molecule has 100 valence electrons. The second-order valence-electron chi connectivity index (χ2n) is 5.03. The first-order valence-corrected chi connectivity index (χ1v) is 6.54. The summed E-state index contributed by atoms with van der Waals surface area (Å²) in [5.74, 6) is 0.0886. The smallest absolute Gasteiger partial charge is 0.168 e. The van der Waals surface area contributed by atoms with Crippen LogP contribution in [0, 0.1) is 0 Å². The van der Waals surface area contributed by atoms with Crippen LogP contribution in [0.4, 0.5) is 0 Å². The van der Waals surface area contributed by atoms with E-state index in [1.54, 1.807) is 6.20 Å². The van der Waals surface area contributed by atoms with E-state index in [9.17, 15) is 4.79 Å². The van der Waals surface area contributed by atoms with E-state index in [1.807, 2.05) is 51.1 Å². The zero-order valence-electron chi connectivity index (χ0n) is 11.6. The Morgan fingerprint density at radius 3 is 2.74 bits per heavy atom. The second kappa shape index (κ2) is 5.49. The molecule has 0 saturated carbocycles. The first-order valence-electron chi connectivity index (χ1n) is 6.54. The van der Waals surface area contributed by atoms with Gasteiger partial charge in [0.05, 0.1) is 5.52 Å². The van der Waals surface area contributed by atoms with Crippen LogP contribution in [-0.2, 0) is 16.0 Å². The lowest BCUT2D eigenvalue weighted by Gasteiger charge is -2.23. The van der Waals surface area contributed by atoms with Crippen molar-refractivity contribution in [1.82, 2.24) is 4.98 Å². The van der Waals surface area contributed by atoms with Crippen LogP contribution in [0.5, 0.6) is 0 Å². The quantitative estimate of drug-likeness (QED) is 0.826. The molecule has 0 atom stereocenters. The van der Waals surface area contributed by atoms with E-state index >= 15 is 0 Å². The zero-order valence-corrected chi connectivity index (χ0v) is 11.6. The zero-order chi connectivity index (χ0) is 13.9. The second-order valence-corrected chi connectivity index (χ2v) is 5.03. The first kappa shape index (κ1) is 13.7. The van der Waals surface area contributed by atoms with Gasteiger partial charge in [0.25, 0.3) is 0 Å². The number of ketones is 1. The number of carbonyl (C=O) groups excluding carboxylic acids is 1. The summed E-state index contributed by atoms with van der Waals surface area (Å²) in [7, 11) is 0. The van der Waals surface area contributed by atoms with Gasteiger partial charge in [0.15, 0.2) is 5.78 Å². The number of Topliss-reactive ketones (excluding diaryl/α,β-unsaturated/α-hetero) is 1. The molecule has 3 heteroatoms. The summed E-state index contributed by atoms with van der Waals surface area (Å²) in [4.78, 5) is 16.6. The fraction of sp³-hybridized carbons (Fsp3) is 0.375. The van der Waals surface area contributed by atoms with Gasteiger partial charge in [-0.3, -0.25) is 9.78 Å². The highest BCUT2D eigenvalue weighted by atomic mass is 16.5. The third-order valence-corrected chi connectivity index (χ3v) is 3.27. The molecule has 3 nitrogen and oxygen atoms in total. The number of hydrogen-bond donors (Lipinski definition) is 0. The minimum atomic E-state index is -0.737. The Labute approximate surface area is 113 Å². The van der Waals surface area contributed by atoms with E-state index in [-0.39, 0.29) is 5.78 Å². The molecule has 0 aliphatic rings. The number of aromatic nitrogens is 1. The van der Waals surface area contributed by atoms with Gasteiger partial charge < -0.3 is 4.74 Å². The molecule has 0 saturated heterocycles. The molecule has 0 fully saturated rings. The molecule has 19 heavy (non-hydrogen) atoms. The minimum Gasteiger partial charge on any atom is -0.368 e. The van der Waals surface area contributed by atoms with Gasteiger partial charge >= 0.3 is 0 Å². The van der Waals surface area contributed by atoms with Crippen molar-refractivity contribution in [1.29, 1.82) is 0 Å². The topological polar surface area (TPSA) is 39.2 Å². The van der Waals surface area contributed by atoms with Gasteiger partial charge in [0.2, 0.25) is 0 Å². The number of ether oxygens (including phenoxy) is 1. The third-order valence-electron chi connectivity index (χ3n) is 3.27. The van der Waals surface area contributed by atoms with Gasteiger partial charge in [-0.2, -0.15) is 0 Å². The molecule has 0 N–H and O–H groups in total. The maximum absolute atomic E-state index is 12.3. The summed E-state index contributed by atoms with van der Waals surface area (Å²) in [6, 6.07) is 9.77. The molecule has 0 aliphatic heterocycles. The van der Waals surface area contributed by atoms with Crippen molar-refractivity contribution in [2.24, 2.45) is 0 Å². The summed E-state index contributed by atoms with van der Waals surface area (Å²) in [6.07, 6.45) is 2.12. The molecule has 0 bridgehead atoms. The maximum atomic E-state index is 12.3. The van der Waals surface area contributed by atoms with Gasteiger partial charge in [-0.05, 0) is 38.5 Å². The standard InChI is InChI=1S/C16H19NO2/c1-4-19-16(2,3)15(18)11-12-9-10-17-14-8-6-5-7-13(12)14/h5-10H,4,11H2,1-3H3. The molecule has 0 spiro atoms. The molecular formula is C16H19NO2. The highest BCUT2D eigenvalue weighted by Gasteiger charge is 2.27. The molecule has 0 amide bonds. The summed E-state index contributed by atoms with van der Waals surface area (Å²) in [5.41, 5.74) is 1.18. The van der Waals surface area contributed by atoms with Crippen LogP contribution in [0.3, 0.4) is 0 Å². The lowest BCUT2D eigenvalue weighted by atomic mass is 9.95. The highest BCUT2D eigenvalue weighted by molar-refractivity contribution is 5.92. The Morgan fingerprint density at radius 1 is 1.26 bits per heavy atom. The van der Waals surface area contributed by atoms with E-state index in [1.165, 1.54) is 0 Å². The number of benzene rings is 1. The number of nitrogens with zero attached hydrogens (tertiary/aromatic N) is 1. The number of fused-ring (bicyclic) bond motifs is 1. The van der Waals surface area contributed by atoms with Crippen LogP contribution in [-0.4, -0.2) is 23.0 Å². The SMILES string of the molecule is CCOC(C)(C)C(=O)Cc1ccnc2ccccc12. The Bertz CT molecular complexity index is 585. The third kappa shape index (κ3) is 2.99. The molecule has 1 aromatic carbocycles. The van der Waals surface area contributed by atoms with E-state index in [0.29, 0.717) is 13.0 Å². The van der Waals surface area contributed by atoms with Crippen molar-refractivity contribution in [3.05, 3.63) is 42.1 Å². The summed E-state index contributed by atoms with van der Waals surface area (Å²) in [5, 5.41) is 1.03. The number of para-hydroxylation sites is 1. The molecule has 0 unspecified atom stereocenters. The average molecular weight is 257 g/mol. The average Bonchev–Trinajstić information content (AvgIpc) is 2.39. The highest BCUT2D eigenvalue weighted by Crippen LogP contribution is 2.20.